The molecule has 1 fully saturated rings. The van der Waals surface area contributed by atoms with Crippen molar-refractivity contribution in [2.75, 3.05) is 5.32 Å². The van der Waals surface area contributed by atoms with E-state index in [0.717, 1.165) is 31.2 Å². The van der Waals surface area contributed by atoms with Crippen LogP contribution in [0.3, 0.4) is 0 Å². The largest absolute Gasteiger partial charge is 0.421 e. The average Bonchev–Trinajstić information content (AvgIpc) is 3.23. The van der Waals surface area contributed by atoms with Gasteiger partial charge in [0.2, 0.25) is 5.91 Å². The van der Waals surface area contributed by atoms with Gasteiger partial charge in [0, 0.05) is 5.02 Å². The highest BCUT2D eigenvalue weighted by atomic mass is 35.5. The zero-order valence-electron chi connectivity index (χ0n) is 15.6. The Labute approximate surface area is 172 Å². The minimum absolute atomic E-state index is 0.00128. The predicted octanol–water partition coefficient (Wildman–Crippen LogP) is 5.51. The van der Waals surface area contributed by atoms with Crippen LogP contribution in [0.15, 0.2) is 60.9 Å². The lowest BCUT2D eigenvalue weighted by atomic mass is 9.78. The topological polar surface area (TPSA) is 64.1 Å². The van der Waals surface area contributed by atoms with Gasteiger partial charge in [-0.2, -0.15) is 0 Å². The molecule has 0 aliphatic heterocycles. The highest BCUT2D eigenvalue weighted by Crippen LogP contribution is 2.42. The second kappa shape index (κ2) is 8.17. The number of rotatable bonds is 5. The molecule has 7 heteroatoms. The van der Waals surface area contributed by atoms with E-state index in [1.165, 1.54) is 24.5 Å². The number of aromatic nitrogens is 2. The summed E-state index contributed by atoms with van der Waals surface area (Å²) in [4.78, 5) is 21.3. The third-order valence-corrected chi connectivity index (χ3v) is 5.46. The molecule has 0 unspecified atom stereocenters. The molecule has 0 radical (unpaired) electrons. The Morgan fingerprint density at radius 1 is 1.03 bits per heavy atom. The summed E-state index contributed by atoms with van der Waals surface area (Å²) in [5, 5.41) is 3.55. The Bertz CT molecular complexity index is 1000. The quantitative estimate of drug-likeness (QED) is 0.601. The van der Waals surface area contributed by atoms with Gasteiger partial charge in [0.1, 0.15) is 0 Å². The molecule has 1 amide bonds. The monoisotopic (exact) mass is 411 g/mol. The van der Waals surface area contributed by atoms with Crippen LogP contribution in [0.2, 0.25) is 5.02 Å². The van der Waals surface area contributed by atoms with Crippen molar-refractivity contribution in [1.82, 2.24) is 9.97 Å². The maximum absolute atomic E-state index is 13.7. The van der Waals surface area contributed by atoms with Crippen molar-refractivity contribution in [3.05, 3.63) is 77.3 Å². The third kappa shape index (κ3) is 4.07. The number of hydrogen-bond acceptors (Lipinski definition) is 4. The number of carbonyl (C=O) groups excluding carboxylic acids is 1. The summed E-state index contributed by atoms with van der Waals surface area (Å²) in [6.45, 7) is 0. The summed E-state index contributed by atoms with van der Waals surface area (Å²) >= 11 is 6.00. The van der Waals surface area contributed by atoms with E-state index in [1.54, 1.807) is 12.1 Å². The fraction of sp³-hybridized carbons (Fsp3) is 0.227. The van der Waals surface area contributed by atoms with E-state index in [-0.39, 0.29) is 17.7 Å². The SMILES string of the molecule is O=C(Nc1cnc(Oc2ccccc2F)nc1)C1(c2ccc(Cl)cc2)CCCC1. The highest BCUT2D eigenvalue weighted by molar-refractivity contribution is 6.30. The summed E-state index contributed by atoms with van der Waals surface area (Å²) in [7, 11) is 0. The Balaban J connectivity index is 1.50. The number of anilines is 1. The van der Waals surface area contributed by atoms with E-state index in [9.17, 15) is 9.18 Å². The van der Waals surface area contributed by atoms with Crippen LogP contribution >= 0.6 is 11.6 Å². The van der Waals surface area contributed by atoms with E-state index in [0.29, 0.717) is 10.7 Å². The Morgan fingerprint density at radius 3 is 2.34 bits per heavy atom. The van der Waals surface area contributed by atoms with Crippen molar-refractivity contribution >= 4 is 23.2 Å². The van der Waals surface area contributed by atoms with Gasteiger partial charge in [-0.3, -0.25) is 4.79 Å². The van der Waals surface area contributed by atoms with Crippen molar-refractivity contribution in [3.8, 4) is 11.8 Å². The van der Waals surface area contributed by atoms with E-state index >= 15 is 0 Å². The van der Waals surface area contributed by atoms with Crippen LogP contribution in [0.1, 0.15) is 31.2 Å². The molecule has 1 aliphatic carbocycles. The van der Waals surface area contributed by atoms with E-state index in [4.69, 9.17) is 16.3 Å². The maximum Gasteiger partial charge on any atom is 0.322 e. The van der Waals surface area contributed by atoms with Crippen LogP contribution < -0.4 is 10.1 Å². The molecular formula is C22H19ClFN3O2. The summed E-state index contributed by atoms with van der Waals surface area (Å²) in [5.41, 5.74) is 0.820. The first-order valence-electron chi connectivity index (χ1n) is 9.39. The molecule has 1 aromatic heterocycles. The summed E-state index contributed by atoms with van der Waals surface area (Å²) < 4.78 is 19.0. The number of ether oxygens (including phenoxy) is 1. The van der Waals surface area contributed by atoms with Crippen molar-refractivity contribution < 1.29 is 13.9 Å². The molecule has 1 aliphatic rings. The normalized spacial score (nSPS) is 15.1. The number of benzene rings is 2. The molecule has 2 aromatic carbocycles. The number of nitrogens with one attached hydrogen (secondary N) is 1. The van der Waals surface area contributed by atoms with Gasteiger partial charge in [-0.1, -0.05) is 48.7 Å². The smallest absolute Gasteiger partial charge is 0.322 e. The van der Waals surface area contributed by atoms with Crippen molar-refractivity contribution in [1.29, 1.82) is 0 Å². The first-order valence-corrected chi connectivity index (χ1v) is 9.77. The van der Waals surface area contributed by atoms with Gasteiger partial charge in [-0.15, -0.1) is 0 Å². The lowest BCUT2D eigenvalue weighted by Crippen LogP contribution is -2.38. The summed E-state index contributed by atoms with van der Waals surface area (Å²) in [5.74, 6) is -0.555. The number of carbonyl (C=O) groups is 1. The standard InChI is InChI=1S/C22H19ClFN3O2/c23-16-9-7-15(8-10-16)22(11-3-4-12-22)20(28)27-17-13-25-21(26-14-17)29-19-6-2-1-5-18(19)24/h1-2,5-10,13-14H,3-4,11-12H2,(H,27,28). The molecule has 4 rings (SSSR count). The van der Waals surface area contributed by atoms with Gasteiger partial charge >= 0.3 is 6.01 Å². The first kappa shape index (κ1) is 19.3. The molecule has 0 saturated heterocycles. The molecule has 1 heterocycles. The lowest BCUT2D eigenvalue weighted by molar-refractivity contribution is -0.121. The molecule has 5 nitrogen and oxygen atoms in total. The van der Waals surface area contributed by atoms with Gasteiger partial charge in [0.25, 0.3) is 0 Å². The van der Waals surface area contributed by atoms with Gasteiger partial charge in [-0.05, 0) is 42.7 Å². The number of para-hydroxylation sites is 1. The molecule has 3 aromatic rings. The molecule has 0 bridgehead atoms. The summed E-state index contributed by atoms with van der Waals surface area (Å²) in [6, 6.07) is 13.5. The number of halogens is 2. The van der Waals surface area contributed by atoms with Gasteiger partial charge in [0.15, 0.2) is 11.6 Å². The lowest BCUT2D eigenvalue weighted by Gasteiger charge is -2.28. The molecule has 0 spiro atoms. The predicted molar refractivity (Wildman–Crippen MR) is 109 cm³/mol. The summed E-state index contributed by atoms with van der Waals surface area (Å²) in [6.07, 6.45) is 6.42. The van der Waals surface area contributed by atoms with Crippen molar-refractivity contribution in [2.45, 2.75) is 31.1 Å². The molecule has 29 heavy (non-hydrogen) atoms. The van der Waals surface area contributed by atoms with Crippen LogP contribution in [0.4, 0.5) is 10.1 Å². The zero-order valence-corrected chi connectivity index (χ0v) is 16.3. The molecular weight excluding hydrogens is 393 g/mol. The molecule has 148 valence electrons. The van der Waals surface area contributed by atoms with E-state index in [1.807, 2.05) is 24.3 Å². The van der Waals surface area contributed by atoms with E-state index in [2.05, 4.69) is 15.3 Å². The van der Waals surface area contributed by atoms with E-state index < -0.39 is 11.2 Å². The van der Waals surface area contributed by atoms with Crippen LogP contribution in [-0.4, -0.2) is 15.9 Å². The van der Waals surface area contributed by atoms with Crippen LogP contribution in [-0.2, 0) is 10.2 Å². The van der Waals surface area contributed by atoms with Crippen LogP contribution in [0.5, 0.6) is 11.8 Å². The second-order valence-corrected chi connectivity index (χ2v) is 7.47. The number of amides is 1. The fourth-order valence-electron chi connectivity index (χ4n) is 3.70. The maximum atomic E-state index is 13.7. The number of hydrogen-bond donors (Lipinski definition) is 1. The van der Waals surface area contributed by atoms with Crippen molar-refractivity contribution in [2.24, 2.45) is 0 Å². The second-order valence-electron chi connectivity index (χ2n) is 7.04. The van der Waals surface area contributed by atoms with Crippen molar-refractivity contribution in [3.63, 3.8) is 0 Å². The Kier molecular flexibility index (Phi) is 5.45. The minimum Gasteiger partial charge on any atom is -0.421 e. The number of nitrogens with zero attached hydrogens (tertiary/aromatic N) is 2. The molecule has 1 N–H and O–H groups in total. The molecule has 0 atom stereocenters. The van der Waals surface area contributed by atoms with Gasteiger partial charge < -0.3 is 10.1 Å². The van der Waals surface area contributed by atoms with Crippen LogP contribution in [0, 0.1) is 5.82 Å². The fourth-order valence-corrected chi connectivity index (χ4v) is 3.83. The first-order chi connectivity index (χ1) is 14.1. The average molecular weight is 412 g/mol. The van der Waals surface area contributed by atoms with Gasteiger partial charge in [0.05, 0.1) is 23.5 Å². The minimum atomic E-state index is -0.590. The Hall–Kier alpha value is -2.99. The third-order valence-electron chi connectivity index (χ3n) is 5.21. The Morgan fingerprint density at radius 2 is 1.69 bits per heavy atom. The van der Waals surface area contributed by atoms with Crippen LogP contribution in [0.25, 0.3) is 0 Å². The van der Waals surface area contributed by atoms with Gasteiger partial charge in [-0.25, -0.2) is 14.4 Å². The molecule has 1 saturated carbocycles. The zero-order chi connectivity index (χ0) is 20.3. The highest BCUT2D eigenvalue weighted by Gasteiger charge is 2.42.